The fourth-order valence-corrected chi connectivity index (χ4v) is 6.23. The number of para-hydroxylation sites is 1. The maximum absolute atomic E-state index is 15.8. The first-order valence-electron chi connectivity index (χ1n) is 13.3. The summed E-state index contributed by atoms with van der Waals surface area (Å²) in [7, 11) is -3.83. The van der Waals surface area contributed by atoms with Gasteiger partial charge in [0.1, 0.15) is 17.2 Å². The number of imidazole rings is 1. The Hall–Kier alpha value is -4.59. The number of pyridine rings is 1. The number of halogens is 1. The standard InChI is InChI=1S/C28H31FN8O4S/c1-6-21(38)35-10-11-36(16(4)13-35)26-18-12-19(29)22(23-25(30)32-14-31-23)33-27(18)37(28(39)34-26)24-17(15(2)3)8-7-9-20(24)42(5,40)41/h6-9,12,14-16H,1,10-11,13,30H2,2-5H3,(H,31,32)/t16-/m0/s1. The number of nitrogen functional groups attached to an aromatic ring is 1. The molecule has 14 heteroatoms. The molecule has 0 aliphatic carbocycles. The van der Waals surface area contributed by atoms with Crippen LogP contribution in [0.5, 0.6) is 0 Å². The minimum atomic E-state index is -3.83. The lowest BCUT2D eigenvalue weighted by Gasteiger charge is -2.40. The van der Waals surface area contributed by atoms with E-state index in [0.717, 1.165) is 10.8 Å². The number of carbonyl (C=O) groups excluding carboxylic acids is 1. The number of aromatic nitrogens is 5. The van der Waals surface area contributed by atoms with E-state index in [0.29, 0.717) is 25.2 Å². The number of anilines is 2. The van der Waals surface area contributed by atoms with E-state index in [1.54, 1.807) is 17.0 Å². The van der Waals surface area contributed by atoms with Crippen molar-refractivity contribution in [2.75, 3.05) is 36.5 Å². The highest BCUT2D eigenvalue weighted by atomic mass is 32.2. The minimum absolute atomic E-state index is 0.0000351. The number of nitrogens with zero attached hydrogens (tertiary/aromatic N) is 6. The normalized spacial score (nSPS) is 15.9. The first-order chi connectivity index (χ1) is 19.8. The van der Waals surface area contributed by atoms with Crippen molar-refractivity contribution >= 4 is 38.4 Å². The summed E-state index contributed by atoms with van der Waals surface area (Å²) in [6, 6.07) is 5.67. The second-order valence-corrected chi connectivity index (χ2v) is 12.5. The quantitative estimate of drug-likeness (QED) is 0.320. The van der Waals surface area contributed by atoms with Gasteiger partial charge >= 0.3 is 5.69 Å². The van der Waals surface area contributed by atoms with Crippen LogP contribution in [-0.4, -0.2) is 75.7 Å². The Labute approximate surface area is 241 Å². The Morgan fingerprint density at radius 1 is 1.26 bits per heavy atom. The molecule has 4 heterocycles. The van der Waals surface area contributed by atoms with Crippen LogP contribution in [0.25, 0.3) is 28.1 Å². The summed E-state index contributed by atoms with van der Waals surface area (Å²) in [6.45, 7) is 10.1. The number of piperazine rings is 1. The molecule has 1 aliphatic rings. The lowest BCUT2D eigenvalue weighted by Crippen LogP contribution is -2.54. The molecule has 4 aromatic rings. The van der Waals surface area contributed by atoms with Crippen LogP contribution in [0.3, 0.4) is 0 Å². The second-order valence-electron chi connectivity index (χ2n) is 10.6. The molecule has 0 saturated carbocycles. The number of hydrogen-bond acceptors (Lipinski definition) is 9. The number of sulfone groups is 1. The van der Waals surface area contributed by atoms with E-state index in [-0.39, 0.29) is 62.5 Å². The summed E-state index contributed by atoms with van der Waals surface area (Å²) in [5.74, 6) is -0.993. The number of fused-ring (bicyclic) bond motifs is 1. The fourth-order valence-electron chi connectivity index (χ4n) is 5.34. The molecule has 1 amide bonds. The summed E-state index contributed by atoms with van der Waals surface area (Å²) in [6.07, 6.45) is 3.59. The van der Waals surface area contributed by atoms with Crippen molar-refractivity contribution in [1.29, 1.82) is 0 Å². The average Bonchev–Trinajstić information content (AvgIpc) is 3.36. The van der Waals surface area contributed by atoms with Crippen LogP contribution in [0, 0.1) is 5.82 Å². The molecule has 3 N–H and O–H groups in total. The summed E-state index contributed by atoms with van der Waals surface area (Å²) in [4.78, 5) is 45.3. The molecule has 220 valence electrons. The Bertz CT molecular complexity index is 1900. The van der Waals surface area contributed by atoms with E-state index >= 15 is 4.39 Å². The largest absolute Gasteiger partial charge is 0.382 e. The first kappa shape index (κ1) is 28.9. The molecular weight excluding hydrogens is 563 g/mol. The molecule has 0 spiro atoms. The summed E-state index contributed by atoms with van der Waals surface area (Å²) < 4.78 is 42.9. The SMILES string of the molecule is C=CC(=O)N1CCN(c2nc(=O)n(-c3c(C(C)C)cccc3S(C)(=O)=O)c3nc(-c4[nH]cnc4N)c(F)cc23)[C@@H](C)C1. The second kappa shape index (κ2) is 10.7. The van der Waals surface area contributed by atoms with Crippen molar-refractivity contribution in [3.8, 4) is 17.1 Å². The molecule has 0 unspecified atom stereocenters. The molecule has 5 rings (SSSR count). The summed E-state index contributed by atoms with van der Waals surface area (Å²) in [5, 5.41) is 0.183. The minimum Gasteiger partial charge on any atom is -0.382 e. The predicted octanol–water partition coefficient (Wildman–Crippen LogP) is 2.64. The fraction of sp³-hybridized carbons (Fsp3) is 0.321. The van der Waals surface area contributed by atoms with Crippen molar-refractivity contribution in [3.63, 3.8) is 0 Å². The zero-order chi connectivity index (χ0) is 30.5. The highest BCUT2D eigenvalue weighted by Gasteiger charge is 2.31. The topological polar surface area (TPSA) is 160 Å². The molecule has 1 aliphatic heterocycles. The van der Waals surface area contributed by atoms with Gasteiger partial charge in [-0.3, -0.25) is 4.79 Å². The van der Waals surface area contributed by atoms with Crippen molar-refractivity contribution < 1.29 is 17.6 Å². The average molecular weight is 595 g/mol. The summed E-state index contributed by atoms with van der Waals surface area (Å²) >= 11 is 0. The first-order valence-corrected chi connectivity index (χ1v) is 15.2. The van der Waals surface area contributed by atoms with E-state index < -0.39 is 21.3 Å². The third-order valence-electron chi connectivity index (χ3n) is 7.37. The number of amides is 1. The predicted molar refractivity (Wildman–Crippen MR) is 158 cm³/mol. The molecule has 3 aromatic heterocycles. The van der Waals surface area contributed by atoms with Gasteiger partial charge in [-0.1, -0.05) is 32.6 Å². The number of aromatic amines is 1. The zero-order valence-electron chi connectivity index (χ0n) is 23.6. The molecule has 0 radical (unpaired) electrons. The molecule has 1 saturated heterocycles. The maximum atomic E-state index is 15.8. The monoisotopic (exact) mass is 594 g/mol. The van der Waals surface area contributed by atoms with Crippen molar-refractivity contribution in [1.82, 2.24) is 29.4 Å². The lowest BCUT2D eigenvalue weighted by atomic mass is 10.0. The van der Waals surface area contributed by atoms with Crippen LogP contribution in [0.2, 0.25) is 0 Å². The number of nitrogens with one attached hydrogen (secondary N) is 1. The third-order valence-corrected chi connectivity index (χ3v) is 8.50. The van der Waals surface area contributed by atoms with Gasteiger partial charge in [0.2, 0.25) is 5.91 Å². The maximum Gasteiger partial charge on any atom is 0.355 e. The molecule has 42 heavy (non-hydrogen) atoms. The van der Waals surface area contributed by atoms with Crippen molar-refractivity contribution in [3.05, 3.63) is 65.1 Å². The van der Waals surface area contributed by atoms with E-state index in [1.807, 2.05) is 25.7 Å². The number of hydrogen-bond donors (Lipinski definition) is 2. The van der Waals surface area contributed by atoms with E-state index in [9.17, 15) is 18.0 Å². The van der Waals surface area contributed by atoms with E-state index in [1.165, 1.54) is 24.5 Å². The lowest BCUT2D eigenvalue weighted by molar-refractivity contribution is -0.126. The molecular formula is C28H31FN8O4S. The Morgan fingerprint density at radius 3 is 2.60 bits per heavy atom. The van der Waals surface area contributed by atoms with Gasteiger partial charge in [-0.15, -0.1) is 0 Å². The van der Waals surface area contributed by atoms with Crippen LogP contribution >= 0.6 is 0 Å². The highest BCUT2D eigenvalue weighted by molar-refractivity contribution is 7.90. The van der Waals surface area contributed by atoms with Crippen LogP contribution in [0.4, 0.5) is 16.0 Å². The van der Waals surface area contributed by atoms with Gasteiger partial charge in [-0.05, 0) is 36.6 Å². The number of nitrogens with two attached hydrogens (primary N) is 1. The highest BCUT2D eigenvalue weighted by Crippen LogP contribution is 2.35. The number of benzene rings is 1. The number of H-pyrrole nitrogens is 1. The Kier molecular flexibility index (Phi) is 7.35. The van der Waals surface area contributed by atoms with Crippen LogP contribution in [0.15, 0.2) is 52.9 Å². The molecule has 12 nitrogen and oxygen atoms in total. The number of rotatable bonds is 6. The van der Waals surface area contributed by atoms with Crippen LogP contribution in [0.1, 0.15) is 32.3 Å². The van der Waals surface area contributed by atoms with Crippen LogP contribution < -0.4 is 16.3 Å². The zero-order valence-corrected chi connectivity index (χ0v) is 24.4. The van der Waals surface area contributed by atoms with Gasteiger partial charge in [0.15, 0.2) is 27.1 Å². The van der Waals surface area contributed by atoms with Gasteiger partial charge in [0.25, 0.3) is 0 Å². The third kappa shape index (κ3) is 4.91. The van der Waals surface area contributed by atoms with Gasteiger partial charge in [-0.2, -0.15) is 4.98 Å². The molecule has 1 atom stereocenters. The number of carbonyl (C=O) groups is 1. The molecule has 0 bridgehead atoms. The smallest absolute Gasteiger partial charge is 0.355 e. The van der Waals surface area contributed by atoms with E-state index in [4.69, 9.17) is 5.73 Å². The Balaban J connectivity index is 1.87. The van der Waals surface area contributed by atoms with Crippen molar-refractivity contribution in [2.45, 2.75) is 37.6 Å². The summed E-state index contributed by atoms with van der Waals surface area (Å²) in [5.41, 5.74) is 5.74. The Morgan fingerprint density at radius 2 is 2.00 bits per heavy atom. The molecule has 1 aromatic carbocycles. The van der Waals surface area contributed by atoms with Gasteiger partial charge in [-0.25, -0.2) is 32.1 Å². The van der Waals surface area contributed by atoms with Gasteiger partial charge in [0, 0.05) is 31.9 Å². The van der Waals surface area contributed by atoms with Gasteiger partial charge in [0.05, 0.1) is 22.3 Å². The van der Waals surface area contributed by atoms with Crippen LogP contribution in [-0.2, 0) is 14.6 Å². The van der Waals surface area contributed by atoms with Crippen molar-refractivity contribution in [2.24, 2.45) is 0 Å². The van der Waals surface area contributed by atoms with E-state index in [2.05, 4.69) is 26.5 Å². The van der Waals surface area contributed by atoms with Gasteiger partial charge < -0.3 is 20.5 Å². The molecule has 1 fully saturated rings.